The van der Waals surface area contributed by atoms with Crippen molar-refractivity contribution in [2.45, 2.75) is 12.8 Å². The molecule has 0 unspecified atom stereocenters. The molecular formula is C4H11BaFO3S. The van der Waals surface area contributed by atoms with E-state index in [9.17, 15) is 12.8 Å². The van der Waals surface area contributed by atoms with Crippen LogP contribution in [0.1, 0.15) is 12.8 Å². The van der Waals surface area contributed by atoms with Crippen LogP contribution in [-0.4, -0.2) is 74.3 Å². The monoisotopic (exact) mass is 296 g/mol. The number of hydrogen-bond acceptors (Lipinski definition) is 2. The molecule has 6 heteroatoms. The maximum absolute atomic E-state index is 11.3. The van der Waals surface area contributed by atoms with Crippen molar-refractivity contribution >= 4 is 59.0 Å². The first-order valence-corrected chi connectivity index (χ1v) is 4.18. The van der Waals surface area contributed by atoms with Crippen LogP contribution in [0.2, 0.25) is 0 Å². The van der Waals surface area contributed by atoms with Crippen molar-refractivity contribution in [3.05, 3.63) is 0 Å². The average Bonchev–Trinajstić information content (AvgIpc) is 1.63. The number of rotatable bonds is 4. The molecule has 0 aromatic rings. The van der Waals surface area contributed by atoms with E-state index in [1.54, 1.807) is 0 Å². The molecule has 60 valence electrons. The average molecular weight is 296 g/mol. The predicted molar refractivity (Wildman–Crippen MR) is 40.2 cm³/mol. The second-order valence-electron chi connectivity index (χ2n) is 1.68. The minimum absolute atomic E-state index is 0. The van der Waals surface area contributed by atoms with E-state index >= 15 is 0 Å². The molecule has 0 aliphatic heterocycles. The van der Waals surface area contributed by atoms with Crippen molar-refractivity contribution in [2.24, 2.45) is 0 Å². The zero-order valence-corrected chi connectivity index (χ0v) is 5.69. The van der Waals surface area contributed by atoms with Gasteiger partial charge in [0.15, 0.2) is 0 Å². The molecule has 0 radical (unpaired) electrons. The molecule has 1 N–H and O–H groups in total. The second kappa shape index (κ2) is 7.08. The minimum atomic E-state index is -3.86. The third-order valence-corrected chi connectivity index (χ3v) is 1.59. The Bertz CT molecular complexity index is 156. The fourth-order valence-electron chi connectivity index (χ4n) is 0.379. The Kier molecular flexibility index (Phi) is 9.89. The van der Waals surface area contributed by atoms with Gasteiger partial charge in [0.05, 0.1) is 12.4 Å². The summed E-state index contributed by atoms with van der Waals surface area (Å²) in [5.41, 5.74) is 0. The van der Waals surface area contributed by atoms with E-state index in [2.05, 4.69) is 0 Å². The Labute approximate surface area is 100 Å². The van der Waals surface area contributed by atoms with Gasteiger partial charge in [0, 0.05) is 0 Å². The summed E-state index contributed by atoms with van der Waals surface area (Å²) < 4.78 is 39.3. The van der Waals surface area contributed by atoms with E-state index in [0.717, 1.165) is 0 Å². The Morgan fingerprint density at radius 3 is 2.10 bits per heavy atom. The number of hydrogen-bond donors (Lipinski definition) is 1. The molecule has 0 saturated carbocycles. The summed E-state index contributed by atoms with van der Waals surface area (Å²) >= 11 is 0. The topological polar surface area (TPSA) is 54.4 Å². The molecule has 0 aliphatic carbocycles. The summed E-state index contributed by atoms with van der Waals surface area (Å²) in [7, 11) is -3.86. The Balaban J connectivity index is 0. The molecule has 0 spiro atoms. The molecule has 0 atom stereocenters. The van der Waals surface area contributed by atoms with E-state index in [1.165, 1.54) is 0 Å². The summed E-state index contributed by atoms with van der Waals surface area (Å²) in [5.74, 6) is -0.336. The van der Waals surface area contributed by atoms with Crippen LogP contribution in [0.5, 0.6) is 0 Å². The summed E-state index contributed by atoms with van der Waals surface area (Å²) in [6.45, 7) is -0.532. The molecule has 0 fully saturated rings. The SMILES string of the molecule is O=S(=O)(O)CCCCF.[BaH2]. The van der Waals surface area contributed by atoms with Gasteiger partial charge in [-0.1, -0.05) is 0 Å². The molecule has 0 aliphatic rings. The van der Waals surface area contributed by atoms with Crippen molar-refractivity contribution < 1.29 is 17.4 Å². The zero-order chi connectivity index (χ0) is 7.33. The Morgan fingerprint density at radius 2 is 1.80 bits per heavy atom. The van der Waals surface area contributed by atoms with Crippen LogP contribution in [0.4, 0.5) is 4.39 Å². The molecule has 3 nitrogen and oxygen atoms in total. The van der Waals surface area contributed by atoms with Gasteiger partial charge < -0.3 is 0 Å². The second-order valence-corrected chi connectivity index (χ2v) is 3.25. The molecular weight excluding hydrogens is 284 g/mol. The number of halogens is 1. The Morgan fingerprint density at radius 1 is 1.30 bits per heavy atom. The van der Waals surface area contributed by atoms with E-state index in [-0.39, 0.29) is 67.5 Å². The molecule has 10 heavy (non-hydrogen) atoms. The van der Waals surface area contributed by atoms with Crippen molar-refractivity contribution in [1.82, 2.24) is 0 Å². The number of alkyl halides is 1. The molecule has 0 rings (SSSR count). The quantitative estimate of drug-likeness (QED) is 0.440. The zero-order valence-electron chi connectivity index (χ0n) is 4.88. The summed E-state index contributed by atoms with van der Waals surface area (Å²) in [6.07, 6.45) is 0.384. The van der Waals surface area contributed by atoms with Crippen molar-refractivity contribution in [3.63, 3.8) is 0 Å². The predicted octanol–water partition coefficient (Wildman–Crippen LogP) is -0.292. The van der Waals surface area contributed by atoms with Crippen molar-refractivity contribution in [1.29, 1.82) is 0 Å². The fraction of sp³-hybridized carbons (Fsp3) is 1.00. The van der Waals surface area contributed by atoms with E-state index < -0.39 is 16.8 Å². The molecule has 0 aromatic heterocycles. The van der Waals surface area contributed by atoms with E-state index in [4.69, 9.17) is 4.55 Å². The first-order valence-electron chi connectivity index (χ1n) is 2.57. The summed E-state index contributed by atoms with van der Waals surface area (Å²) in [4.78, 5) is 0. The van der Waals surface area contributed by atoms with Crippen molar-refractivity contribution in [3.8, 4) is 0 Å². The normalized spacial score (nSPS) is 10.6. The van der Waals surface area contributed by atoms with Crippen molar-refractivity contribution in [2.75, 3.05) is 12.4 Å². The van der Waals surface area contributed by atoms with Crippen LogP contribution >= 0.6 is 0 Å². The third kappa shape index (κ3) is 12.1. The summed E-state index contributed by atoms with van der Waals surface area (Å²) in [6, 6.07) is 0. The van der Waals surface area contributed by atoms with Crippen LogP contribution < -0.4 is 0 Å². The Hall–Kier alpha value is 1.41. The molecule has 0 bridgehead atoms. The molecule has 0 amide bonds. The van der Waals surface area contributed by atoms with Crippen LogP contribution in [0.25, 0.3) is 0 Å². The van der Waals surface area contributed by atoms with Crippen LogP contribution in [0.3, 0.4) is 0 Å². The van der Waals surface area contributed by atoms with Gasteiger partial charge in [-0.05, 0) is 12.8 Å². The first-order chi connectivity index (χ1) is 4.06. The van der Waals surface area contributed by atoms with Gasteiger partial charge in [-0.3, -0.25) is 8.94 Å². The standard InChI is InChI=1S/C4H9FO3S.Ba.2H/c5-3-1-2-4-9(6,7)8;;;/h1-4H2,(H,6,7,8);;;. The third-order valence-electron chi connectivity index (χ3n) is 0.786. The van der Waals surface area contributed by atoms with Gasteiger partial charge in [-0.15, -0.1) is 0 Å². The summed E-state index contributed by atoms with van der Waals surface area (Å²) in [5, 5.41) is 0. The van der Waals surface area contributed by atoms with Gasteiger partial charge in [0.2, 0.25) is 0 Å². The number of unbranched alkanes of at least 4 members (excludes halogenated alkanes) is 1. The van der Waals surface area contributed by atoms with Gasteiger partial charge in [0.1, 0.15) is 0 Å². The molecule has 0 heterocycles. The van der Waals surface area contributed by atoms with Crippen LogP contribution in [0.15, 0.2) is 0 Å². The van der Waals surface area contributed by atoms with Crippen LogP contribution in [0, 0.1) is 0 Å². The van der Waals surface area contributed by atoms with Gasteiger partial charge in [0.25, 0.3) is 10.1 Å². The first kappa shape index (κ1) is 14.0. The maximum atomic E-state index is 11.3. The van der Waals surface area contributed by atoms with E-state index in [1.807, 2.05) is 0 Å². The molecule has 0 aromatic carbocycles. The molecule has 0 saturated heterocycles. The van der Waals surface area contributed by atoms with Crippen LogP contribution in [-0.2, 0) is 10.1 Å². The van der Waals surface area contributed by atoms with E-state index in [0.29, 0.717) is 0 Å². The van der Waals surface area contributed by atoms with Gasteiger partial charge >= 0.3 is 48.9 Å². The van der Waals surface area contributed by atoms with Gasteiger partial charge in [-0.2, -0.15) is 8.42 Å². The fourth-order valence-corrected chi connectivity index (χ4v) is 0.948. The van der Waals surface area contributed by atoms with Gasteiger partial charge in [-0.25, -0.2) is 0 Å².